The Morgan fingerprint density at radius 2 is 1.67 bits per heavy atom. The minimum atomic E-state index is -0.653. The Morgan fingerprint density at radius 1 is 1.22 bits per heavy atom. The number of benzene rings is 1. The molecular formula is C13H13I3O2. The van der Waals surface area contributed by atoms with Crippen LogP contribution >= 0.6 is 67.8 Å². The zero-order valence-corrected chi connectivity index (χ0v) is 16.8. The molecule has 0 N–H and O–H groups in total. The molecule has 2 nitrogen and oxygen atoms in total. The van der Waals surface area contributed by atoms with Gasteiger partial charge in [-0.05, 0) is 106 Å². The van der Waals surface area contributed by atoms with Gasteiger partial charge in [-0.3, -0.25) is 0 Å². The molecule has 1 aromatic carbocycles. The lowest BCUT2D eigenvalue weighted by Crippen LogP contribution is -2.26. The van der Waals surface area contributed by atoms with E-state index >= 15 is 0 Å². The van der Waals surface area contributed by atoms with Gasteiger partial charge >= 0.3 is 5.97 Å². The van der Waals surface area contributed by atoms with E-state index in [1.165, 1.54) is 3.57 Å². The Kier molecular flexibility index (Phi) is 5.91. The number of ether oxygens (including phenoxy) is 1. The van der Waals surface area contributed by atoms with E-state index in [0.29, 0.717) is 5.57 Å². The summed E-state index contributed by atoms with van der Waals surface area (Å²) in [7, 11) is 0. The summed E-state index contributed by atoms with van der Waals surface area (Å²) in [5.41, 5.74) is 0.754. The van der Waals surface area contributed by atoms with Crippen LogP contribution in [-0.4, -0.2) is 5.97 Å². The summed E-state index contributed by atoms with van der Waals surface area (Å²) < 4.78 is 9.03. The molecule has 0 bridgehead atoms. The van der Waals surface area contributed by atoms with Gasteiger partial charge in [-0.25, -0.2) is 4.79 Å². The van der Waals surface area contributed by atoms with Crippen molar-refractivity contribution in [1.82, 2.24) is 0 Å². The normalized spacial score (nSPS) is 11.2. The van der Waals surface area contributed by atoms with Gasteiger partial charge in [0.15, 0.2) is 0 Å². The molecule has 0 heterocycles. The molecular weight excluding hydrogens is 569 g/mol. The quantitative estimate of drug-likeness (QED) is 0.221. The number of hydrogen-bond acceptors (Lipinski definition) is 2. The molecule has 18 heavy (non-hydrogen) atoms. The van der Waals surface area contributed by atoms with E-state index in [1.54, 1.807) is 6.92 Å². The van der Waals surface area contributed by atoms with Crippen molar-refractivity contribution < 1.29 is 9.53 Å². The standard InChI is InChI=1S/C13H13I3O2/c1-7(2)12(17)18-13(3,4)8-5-9(14)11(16)10(15)6-8/h5-6H,1H2,2-4H3. The van der Waals surface area contributed by atoms with Crippen LogP contribution in [0.5, 0.6) is 0 Å². The zero-order chi connectivity index (χ0) is 14.1. The van der Waals surface area contributed by atoms with Crippen LogP contribution in [0.2, 0.25) is 0 Å². The fourth-order valence-electron chi connectivity index (χ4n) is 1.28. The first kappa shape index (κ1) is 16.7. The Bertz CT molecular complexity index is 484. The number of halogens is 3. The average Bonchev–Trinajstić information content (AvgIpc) is 2.24. The topological polar surface area (TPSA) is 26.3 Å². The highest BCUT2D eigenvalue weighted by molar-refractivity contribution is 14.1. The number of hydrogen-bond donors (Lipinski definition) is 0. The monoisotopic (exact) mass is 582 g/mol. The highest BCUT2D eigenvalue weighted by Crippen LogP contribution is 2.31. The molecule has 1 aromatic rings. The molecule has 0 aromatic heterocycles. The van der Waals surface area contributed by atoms with Crippen LogP contribution in [0.15, 0.2) is 24.3 Å². The number of carbonyl (C=O) groups excluding carboxylic acids is 1. The fourth-order valence-corrected chi connectivity index (χ4v) is 3.36. The third kappa shape index (κ3) is 4.06. The lowest BCUT2D eigenvalue weighted by molar-refractivity contribution is -0.152. The van der Waals surface area contributed by atoms with Crippen LogP contribution in [0.3, 0.4) is 0 Å². The van der Waals surface area contributed by atoms with Crippen LogP contribution < -0.4 is 0 Å². The first-order valence-electron chi connectivity index (χ1n) is 5.19. The molecule has 0 aliphatic carbocycles. The Labute approximate surface area is 148 Å². The second-order valence-electron chi connectivity index (χ2n) is 4.43. The van der Waals surface area contributed by atoms with Crippen molar-refractivity contribution in [3.63, 3.8) is 0 Å². The summed E-state index contributed by atoms with van der Waals surface area (Å²) in [6, 6.07) is 4.10. The van der Waals surface area contributed by atoms with Crippen molar-refractivity contribution in [3.8, 4) is 0 Å². The highest BCUT2D eigenvalue weighted by atomic mass is 127. The molecule has 0 aliphatic rings. The smallest absolute Gasteiger partial charge is 0.333 e. The lowest BCUT2D eigenvalue weighted by Gasteiger charge is -2.26. The Morgan fingerprint density at radius 3 is 2.06 bits per heavy atom. The van der Waals surface area contributed by atoms with E-state index in [-0.39, 0.29) is 5.97 Å². The molecule has 0 spiro atoms. The molecule has 5 heteroatoms. The fraction of sp³-hybridized carbons (Fsp3) is 0.308. The van der Waals surface area contributed by atoms with Gasteiger partial charge in [-0.15, -0.1) is 0 Å². The summed E-state index contributed by atoms with van der Waals surface area (Å²) in [6.07, 6.45) is 0. The maximum absolute atomic E-state index is 11.6. The van der Waals surface area contributed by atoms with E-state index in [2.05, 4.69) is 86.5 Å². The van der Waals surface area contributed by atoms with Gasteiger partial charge in [-0.1, -0.05) is 6.58 Å². The third-order valence-electron chi connectivity index (χ3n) is 2.38. The second kappa shape index (κ2) is 6.38. The molecule has 0 radical (unpaired) electrons. The molecule has 0 unspecified atom stereocenters. The van der Waals surface area contributed by atoms with Crippen LogP contribution in [0.1, 0.15) is 26.3 Å². The molecule has 0 fully saturated rings. The summed E-state index contributed by atoms with van der Waals surface area (Å²) >= 11 is 6.90. The molecule has 98 valence electrons. The van der Waals surface area contributed by atoms with Crippen molar-refractivity contribution in [2.75, 3.05) is 0 Å². The first-order valence-corrected chi connectivity index (χ1v) is 8.42. The van der Waals surface area contributed by atoms with Crippen molar-refractivity contribution in [1.29, 1.82) is 0 Å². The molecule has 0 saturated heterocycles. The van der Waals surface area contributed by atoms with Crippen molar-refractivity contribution >= 4 is 73.7 Å². The first-order chi connectivity index (χ1) is 8.15. The molecule has 0 amide bonds. The Hall–Kier alpha value is 0.620. The molecule has 0 atom stereocenters. The SMILES string of the molecule is C=C(C)C(=O)OC(C)(C)c1cc(I)c(I)c(I)c1. The minimum absolute atomic E-state index is 0.358. The minimum Gasteiger partial charge on any atom is -0.451 e. The van der Waals surface area contributed by atoms with E-state index in [0.717, 1.165) is 12.7 Å². The van der Waals surface area contributed by atoms with Crippen molar-refractivity contribution in [2.45, 2.75) is 26.4 Å². The summed E-state index contributed by atoms with van der Waals surface area (Å²) in [4.78, 5) is 11.6. The number of esters is 1. The summed E-state index contributed by atoms with van der Waals surface area (Å²) in [6.45, 7) is 9.04. The number of carbonyl (C=O) groups is 1. The highest BCUT2D eigenvalue weighted by Gasteiger charge is 2.27. The van der Waals surface area contributed by atoms with E-state index in [1.807, 2.05) is 13.8 Å². The second-order valence-corrected chi connectivity index (χ2v) is 7.84. The van der Waals surface area contributed by atoms with E-state index in [4.69, 9.17) is 4.74 Å². The van der Waals surface area contributed by atoms with Crippen LogP contribution in [-0.2, 0) is 15.1 Å². The van der Waals surface area contributed by atoms with Crippen LogP contribution in [0.25, 0.3) is 0 Å². The van der Waals surface area contributed by atoms with E-state index in [9.17, 15) is 4.79 Å². The number of rotatable bonds is 3. The van der Waals surface area contributed by atoms with E-state index < -0.39 is 5.60 Å². The van der Waals surface area contributed by atoms with Crippen molar-refractivity contribution in [3.05, 3.63) is 40.6 Å². The zero-order valence-electron chi connectivity index (χ0n) is 10.3. The van der Waals surface area contributed by atoms with Gasteiger partial charge in [0, 0.05) is 16.3 Å². The molecule has 1 rings (SSSR count). The van der Waals surface area contributed by atoms with Gasteiger partial charge < -0.3 is 4.74 Å². The molecule has 0 aliphatic heterocycles. The lowest BCUT2D eigenvalue weighted by atomic mass is 9.98. The van der Waals surface area contributed by atoms with Crippen LogP contribution in [0.4, 0.5) is 0 Å². The predicted molar refractivity (Wildman–Crippen MR) is 98.5 cm³/mol. The molecule has 0 saturated carbocycles. The van der Waals surface area contributed by atoms with Gasteiger partial charge in [0.25, 0.3) is 0 Å². The van der Waals surface area contributed by atoms with Gasteiger partial charge in [0.05, 0.1) is 0 Å². The maximum atomic E-state index is 11.6. The largest absolute Gasteiger partial charge is 0.451 e. The van der Waals surface area contributed by atoms with Gasteiger partial charge in [-0.2, -0.15) is 0 Å². The third-order valence-corrected chi connectivity index (χ3v) is 7.30. The van der Waals surface area contributed by atoms with Crippen molar-refractivity contribution in [2.24, 2.45) is 0 Å². The Balaban J connectivity index is 3.12. The van der Waals surface area contributed by atoms with Crippen LogP contribution in [0, 0.1) is 10.7 Å². The maximum Gasteiger partial charge on any atom is 0.333 e. The summed E-state index contributed by atoms with van der Waals surface area (Å²) in [5, 5.41) is 0. The average molecular weight is 582 g/mol. The van der Waals surface area contributed by atoms with Gasteiger partial charge in [0.1, 0.15) is 5.60 Å². The predicted octanol–water partition coefficient (Wildman–Crippen LogP) is 4.85. The van der Waals surface area contributed by atoms with Gasteiger partial charge in [0.2, 0.25) is 0 Å². The summed E-state index contributed by atoms with van der Waals surface area (Å²) in [5.74, 6) is -0.358.